The summed E-state index contributed by atoms with van der Waals surface area (Å²) in [5.74, 6) is 2.35. The van der Waals surface area contributed by atoms with Crippen LogP contribution in [0.5, 0.6) is 28.7 Å². The number of hydrogen-bond donors (Lipinski definition) is 2. The van der Waals surface area contributed by atoms with E-state index >= 15 is 0 Å². The highest BCUT2D eigenvalue weighted by Crippen LogP contribution is 2.47. The van der Waals surface area contributed by atoms with Crippen molar-refractivity contribution in [2.45, 2.75) is 32.9 Å². The van der Waals surface area contributed by atoms with Crippen LogP contribution < -0.4 is 18.9 Å². The first-order chi connectivity index (χ1) is 22.3. The maximum Gasteiger partial charge on any atom is 0.273 e. The maximum absolute atomic E-state index is 14.1. The average molecular weight is 620 g/mol. The molecule has 0 saturated carbocycles. The Balaban J connectivity index is 1.40. The van der Waals surface area contributed by atoms with Crippen molar-refractivity contribution >= 4 is 5.91 Å². The fourth-order valence-electron chi connectivity index (χ4n) is 6.21. The van der Waals surface area contributed by atoms with Crippen molar-refractivity contribution in [1.29, 1.82) is 0 Å². The maximum atomic E-state index is 14.1. The Morgan fingerprint density at radius 2 is 1.54 bits per heavy atom. The van der Waals surface area contributed by atoms with E-state index in [0.29, 0.717) is 65.1 Å². The van der Waals surface area contributed by atoms with Gasteiger partial charge in [0.05, 0.1) is 27.4 Å². The molecule has 1 amide bonds. The molecule has 0 bridgehead atoms. The van der Waals surface area contributed by atoms with Crippen LogP contribution in [-0.2, 0) is 13.0 Å². The number of hydrogen-bond acceptors (Lipinski definition) is 7. The van der Waals surface area contributed by atoms with E-state index in [1.54, 1.807) is 27.4 Å². The first kappa shape index (κ1) is 30.6. The Kier molecular flexibility index (Phi) is 8.57. The van der Waals surface area contributed by atoms with Gasteiger partial charge in [-0.05, 0) is 78.4 Å². The van der Waals surface area contributed by atoms with Crippen molar-refractivity contribution in [3.8, 4) is 40.0 Å². The first-order valence-electron chi connectivity index (χ1n) is 15.1. The van der Waals surface area contributed by atoms with Crippen LogP contribution in [0.1, 0.15) is 49.9 Å². The van der Waals surface area contributed by atoms with Gasteiger partial charge < -0.3 is 29.0 Å². The molecule has 9 heteroatoms. The van der Waals surface area contributed by atoms with Crippen molar-refractivity contribution < 1.29 is 28.8 Å². The predicted molar refractivity (Wildman–Crippen MR) is 175 cm³/mol. The van der Waals surface area contributed by atoms with E-state index in [1.165, 1.54) is 0 Å². The highest BCUT2D eigenvalue weighted by Gasteiger charge is 2.43. The zero-order valence-electron chi connectivity index (χ0n) is 26.6. The summed E-state index contributed by atoms with van der Waals surface area (Å²) < 4.78 is 22.8. The highest BCUT2D eigenvalue weighted by molar-refractivity contribution is 6.00. The summed E-state index contributed by atoms with van der Waals surface area (Å²) in [7, 11) is 4.81. The molecule has 2 N–H and O–H groups in total. The lowest BCUT2D eigenvalue weighted by Crippen LogP contribution is -2.31. The number of aromatic nitrogens is 2. The summed E-state index contributed by atoms with van der Waals surface area (Å²) in [4.78, 5) is 15.9. The number of amides is 1. The predicted octanol–water partition coefficient (Wildman–Crippen LogP) is 6.79. The number of nitrogens with zero attached hydrogens (tertiary/aromatic N) is 2. The lowest BCUT2D eigenvalue weighted by Gasteiger charge is -2.27. The molecule has 5 aromatic rings. The van der Waals surface area contributed by atoms with Crippen molar-refractivity contribution in [3.63, 3.8) is 0 Å². The molecule has 0 radical (unpaired) electrons. The SMILES string of the molecule is COc1ccc(CCN2C(=O)c3[nH]nc(-c4c(C)cc(C)cc4O)c3C2c2ccc(OCc3ccccc3)c(OC)c2)cc1OC. The number of benzene rings is 4. The second kappa shape index (κ2) is 12.9. The Morgan fingerprint density at radius 1 is 0.826 bits per heavy atom. The fourth-order valence-corrected chi connectivity index (χ4v) is 6.21. The van der Waals surface area contributed by atoms with E-state index in [1.807, 2.05) is 91.5 Å². The lowest BCUT2D eigenvalue weighted by molar-refractivity contribution is 0.0745. The number of carbonyl (C=O) groups is 1. The second-order valence-corrected chi connectivity index (χ2v) is 11.4. The van der Waals surface area contributed by atoms with Gasteiger partial charge in [-0.1, -0.05) is 48.5 Å². The van der Waals surface area contributed by atoms with Gasteiger partial charge in [0.25, 0.3) is 5.91 Å². The van der Waals surface area contributed by atoms with Gasteiger partial charge >= 0.3 is 0 Å². The zero-order chi connectivity index (χ0) is 32.4. The number of aromatic amines is 1. The van der Waals surface area contributed by atoms with Gasteiger partial charge in [-0.3, -0.25) is 9.89 Å². The van der Waals surface area contributed by atoms with E-state index < -0.39 is 6.04 Å². The second-order valence-electron chi connectivity index (χ2n) is 11.4. The van der Waals surface area contributed by atoms with Gasteiger partial charge in [-0.15, -0.1) is 0 Å². The molecule has 0 aliphatic carbocycles. The minimum atomic E-state index is -0.506. The summed E-state index contributed by atoms with van der Waals surface area (Å²) in [5.41, 5.74) is 6.90. The van der Waals surface area contributed by atoms with Gasteiger partial charge in [0, 0.05) is 17.7 Å². The minimum Gasteiger partial charge on any atom is -0.507 e. The van der Waals surface area contributed by atoms with Gasteiger partial charge in [-0.25, -0.2) is 0 Å². The Morgan fingerprint density at radius 3 is 2.26 bits per heavy atom. The van der Waals surface area contributed by atoms with E-state index in [0.717, 1.165) is 27.8 Å². The minimum absolute atomic E-state index is 0.115. The number of phenolic OH excluding ortho intramolecular Hbond substituents is 1. The molecule has 1 aliphatic heterocycles. The van der Waals surface area contributed by atoms with E-state index in [4.69, 9.17) is 18.9 Å². The Bertz CT molecular complexity index is 1860. The fraction of sp³-hybridized carbons (Fsp3) is 0.243. The number of aryl methyl sites for hydroxylation is 2. The number of H-pyrrole nitrogens is 1. The van der Waals surface area contributed by atoms with Crippen LogP contribution in [0.4, 0.5) is 0 Å². The molecule has 0 fully saturated rings. The average Bonchev–Trinajstić information content (AvgIpc) is 3.60. The van der Waals surface area contributed by atoms with Gasteiger partial charge in [0.15, 0.2) is 23.0 Å². The monoisotopic (exact) mass is 619 g/mol. The lowest BCUT2D eigenvalue weighted by atomic mass is 9.93. The third-order valence-corrected chi connectivity index (χ3v) is 8.39. The molecular weight excluding hydrogens is 582 g/mol. The number of aromatic hydroxyl groups is 1. The molecule has 0 spiro atoms. The van der Waals surface area contributed by atoms with Crippen LogP contribution >= 0.6 is 0 Å². The summed E-state index contributed by atoms with van der Waals surface area (Å²) in [6.07, 6.45) is 0.569. The zero-order valence-corrected chi connectivity index (χ0v) is 26.6. The quantitative estimate of drug-likeness (QED) is 0.168. The van der Waals surface area contributed by atoms with Gasteiger partial charge in [0.2, 0.25) is 0 Å². The topological polar surface area (TPSA) is 106 Å². The number of carbonyl (C=O) groups excluding carboxylic acids is 1. The molecule has 236 valence electrons. The summed E-state index contributed by atoms with van der Waals surface area (Å²) in [5, 5.41) is 18.7. The summed E-state index contributed by atoms with van der Waals surface area (Å²) in [6.45, 7) is 4.67. The molecule has 1 atom stereocenters. The van der Waals surface area contributed by atoms with Crippen molar-refractivity contribution in [2.24, 2.45) is 0 Å². The van der Waals surface area contributed by atoms with E-state index in [2.05, 4.69) is 10.2 Å². The van der Waals surface area contributed by atoms with Crippen molar-refractivity contribution in [2.75, 3.05) is 27.9 Å². The van der Waals surface area contributed by atoms with Crippen LogP contribution in [-0.4, -0.2) is 54.0 Å². The molecule has 0 saturated heterocycles. The number of phenols is 1. The van der Waals surface area contributed by atoms with Crippen LogP contribution in [0.25, 0.3) is 11.3 Å². The van der Waals surface area contributed by atoms with Crippen molar-refractivity contribution in [1.82, 2.24) is 15.1 Å². The number of ether oxygens (including phenoxy) is 4. The number of fused-ring (bicyclic) bond motifs is 1. The van der Waals surface area contributed by atoms with Crippen LogP contribution in [0.15, 0.2) is 78.9 Å². The molecule has 6 rings (SSSR count). The third kappa shape index (κ3) is 5.72. The number of nitrogens with one attached hydrogen (secondary N) is 1. The highest BCUT2D eigenvalue weighted by atomic mass is 16.5. The Labute approximate surface area is 268 Å². The standard InChI is InChI=1S/C37H37N3O6/c1-22-17-23(2)32(27(41)18-22)34-33-35(39-38-34)37(42)40(16-15-24-11-13-28(43-3)30(19-24)44-4)36(33)26-12-14-29(31(20-26)45-5)46-21-25-9-7-6-8-10-25/h6-14,17-20,36,41H,15-16,21H2,1-5H3,(H,38,39). The molecule has 4 aromatic carbocycles. The summed E-state index contributed by atoms with van der Waals surface area (Å²) in [6, 6.07) is 24.6. The molecule has 9 nitrogen and oxygen atoms in total. The Hall–Kier alpha value is -5.44. The molecule has 1 aromatic heterocycles. The van der Waals surface area contributed by atoms with Crippen molar-refractivity contribution in [3.05, 3.63) is 118 Å². The van der Waals surface area contributed by atoms with Gasteiger partial charge in [0.1, 0.15) is 23.7 Å². The molecule has 46 heavy (non-hydrogen) atoms. The smallest absolute Gasteiger partial charge is 0.273 e. The molecular formula is C37H37N3O6. The first-order valence-corrected chi connectivity index (χ1v) is 15.1. The number of rotatable bonds is 11. The number of methoxy groups -OCH3 is 3. The largest absolute Gasteiger partial charge is 0.507 e. The van der Waals surface area contributed by atoms with E-state index in [9.17, 15) is 9.90 Å². The van der Waals surface area contributed by atoms with Crippen LogP contribution in [0.3, 0.4) is 0 Å². The van der Waals surface area contributed by atoms with E-state index in [-0.39, 0.29) is 11.7 Å². The third-order valence-electron chi connectivity index (χ3n) is 8.39. The van der Waals surface area contributed by atoms with Crippen LogP contribution in [0.2, 0.25) is 0 Å². The molecule has 1 unspecified atom stereocenters. The summed E-state index contributed by atoms with van der Waals surface area (Å²) >= 11 is 0. The molecule has 2 heterocycles. The van der Waals surface area contributed by atoms with Crippen LogP contribution in [0, 0.1) is 13.8 Å². The molecule has 1 aliphatic rings. The van der Waals surface area contributed by atoms with Gasteiger partial charge in [-0.2, -0.15) is 5.10 Å². The normalized spacial score (nSPS) is 13.9.